The van der Waals surface area contributed by atoms with Crippen molar-refractivity contribution in [2.24, 2.45) is 15.9 Å². The van der Waals surface area contributed by atoms with Crippen LogP contribution < -0.4 is 31.3 Å². The van der Waals surface area contributed by atoms with Crippen LogP contribution in [0.25, 0.3) is 11.3 Å². The van der Waals surface area contributed by atoms with Gasteiger partial charge in [-0.25, -0.2) is 43.1 Å². The first-order chi connectivity index (χ1) is 30.7. The van der Waals surface area contributed by atoms with Gasteiger partial charge in [-0.1, -0.05) is 5.16 Å². The van der Waals surface area contributed by atoms with Crippen molar-refractivity contribution in [3.05, 3.63) is 107 Å². The fraction of sp³-hybridized carbons (Fsp3) is 0.381. The summed E-state index contributed by atoms with van der Waals surface area (Å²) in [4.78, 5) is 18.8. The molecule has 23 heteroatoms. The zero-order chi connectivity index (χ0) is 47.7. The van der Waals surface area contributed by atoms with Crippen LogP contribution in [0.5, 0.6) is 11.5 Å². The first-order valence-electron chi connectivity index (χ1n) is 19.9. The van der Waals surface area contributed by atoms with Crippen molar-refractivity contribution in [1.29, 1.82) is 0 Å². The van der Waals surface area contributed by atoms with Gasteiger partial charge in [0, 0.05) is 37.7 Å². The number of hydrogen-bond acceptors (Lipinski definition) is 15. The van der Waals surface area contributed by atoms with Crippen LogP contribution in [0.1, 0.15) is 82.8 Å². The molecule has 0 radical (unpaired) electrons. The number of anilines is 2. The quantitative estimate of drug-likeness (QED) is 0.0178. The molecule has 6 N–H and O–H groups in total. The Labute approximate surface area is 370 Å². The molecule has 0 bridgehead atoms. The number of hydrogen-bond donors (Lipinski definition) is 5. The van der Waals surface area contributed by atoms with E-state index in [1.54, 1.807) is 76.3 Å². The molecule has 4 aromatic heterocycles. The molecule has 2 atom stereocenters. The summed E-state index contributed by atoms with van der Waals surface area (Å²) in [6.07, 6.45) is 1.89. The summed E-state index contributed by atoms with van der Waals surface area (Å²) in [5.74, 6) is 0.501. The van der Waals surface area contributed by atoms with Crippen LogP contribution in [0.15, 0.2) is 83.5 Å². The van der Waals surface area contributed by atoms with Crippen molar-refractivity contribution < 1.29 is 50.9 Å². The van der Waals surface area contributed by atoms with E-state index in [4.69, 9.17) is 34.7 Å². The first kappa shape index (κ1) is 49.2. The van der Waals surface area contributed by atoms with Crippen molar-refractivity contribution in [3.8, 4) is 11.5 Å². The number of amidine groups is 2. The number of methoxy groups -OCH3 is 2. The monoisotopic (exact) mass is 914 g/mol. The Kier molecular flexibility index (Phi) is 15.7. The Bertz CT molecular complexity index is 2610. The molecule has 2 aromatic carbocycles. The lowest BCUT2D eigenvalue weighted by atomic mass is 10.1. The second-order valence-corrected chi connectivity index (χ2v) is 15.1. The van der Waals surface area contributed by atoms with E-state index in [0.717, 1.165) is 12.1 Å². The number of hydroxylamine groups is 1. The minimum Gasteiger partial charge on any atom is -0.494 e. The highest BCUT2D eigenvalue weighted by atomic mass is 19.4. The molecular weight excluding hydrogens is 864 g/mol. The van der Waals surface area contributed by atoms with Gasteiger partial charge in [-0.15, -0.1) is 0 Å². The van der Waals surface area contributed by atoms with E-state index in [9.17, 15) is 22.0 Å². The fourth-order valence-corrected chi connectivity index (χ4v) is 5.88. The van der Waals surface area contributed by atoms with Gasteiger partial charge < -0.3 is 40.5 Å². The lowest BCUT2D eigenvalue weighted by Crippen LogP contribution is -2.24. The minimum absolute atomic E-state index is 0.0706. The minimum atomic E-state index is -4.51. The van der Waals surface area contributed by atoms with Gasteiger partial charge in [-0.3, -0.25) is 0 Å². The van der Waals surface area contributed by atoms with Gasteiger partial charge in [-0.05, 0) is 97.0 Å². The SMILES string of the molecule is CCOc1ccc(F)cc1[C@@H](C)Nc1ccn2ncc(/C(N)=N/O)c2n1.COC(C)(C)OC.C[C@@H](Nc1ccn2ncc(C3=NC(C)(C)ON3)c2n1)c1cc(F)ccc1OCC(F)(F)F. The molecule has 65 heavy (non-hydrogen) atoms. The molecule has 0 spiro atoms. The highest BCUT2D eigenvalue weighted by molar-refractivity contribution is 6.04. The molecule has 1 aliphatic heterocycles. The number of nitrogens with one attached hydrogen (secondary N) is 3. The van der Waals surface area contributed by atoms with Crippen LogP contribution in [-0.2, 0) is 14.3 Å². The second kappa shape index (κ2) is 20.8. The van der Waals surface area contributed by atoms with Crippen molar-refractivity contribution in [1.82, 2.24) is 34.7 Å². The number of halogens is 5. The number of fused-ring (bicyclic) bond motifs is 2. The van der Waals surface area contributed by atoms with Gasteiger partial charge in [0.05, 0.1) is 42.2 Å². The Morgan fingerprint density at radius 3 is 1.86 bits per heavy atom. The molecule has 5 heterocycles. The van der Waals surface area contributed by atoms with Crippen LogP contribution in [0.2, 0.25) is 0 Å². The first-order valence-corrected chi connectivity index (χ1v) is 19.9. The number of nitrogens with zero attached hydrogens (tertiary/aromatic N) is 8. The lowest BCUT2D eigenvalue weighted by molar-refractivity contribution is -0.178. The maximum absolute atomic E-state index is 13.8. The molecule has 18 nitrogen and oxygen atoms in total. The summed E-state index contributed by atoms with van der Waals surface area (Å²) < 4.78 is 88.4. The highest BCUT2D eigenvalue weighted by Crippen LogP contribution is 2.31. The number of aromatic nitrogens is 6. The third-order valence-corrected chi connectivity index (χ3v) is 9.44. The van der Waals surface area contributed by atoms with E-state index < -0.39 is 36.2 Å². The van der Waals surface area contributed by atoms with Crippen LogP contribution in [-0.4, -0.2) is 91.2 Å². The average Bonchev–Trinajstić information content (AvgIpc) is 3.99. The molecule has 0 saturated heterocycles. The largest absolute Gasteiger partial charge is 0.494 e. The maximum Gasteiger partial charge on any atom is 0.422 e. The van der Waals surface area contributed by atoms with E-state index in [0.29, 0.717) is 57.8 Å². The molecule has 6 aromatic rings. The van der Waals surface area contributed by atoms with Crippen LogP contribution >= 0.6 is 0 Å². The van der Waals surface area contributed by atoms with Crippen LogP contribution in [0, 0.1) is 11.6 Å². The van der Waals surface area contributed by atoms with Crippen LogP contribution in [0.4, 0.5) is 33.6 Å². The van der Waals surface area contributed by atoms with E-state index in [-0.39, 0.29) is 29.0 Å². The number of ether oxygens (including phenoxy) is 4. The van der Waals surface area contributed by atoms with Gasteiger partial charge in [0.1, 0.15) is 34.8 Å². The summed E-state index contributed by atoms with van der Waals surface area (Å²) in [5.41, 5.74) is 10.5. The Morgan fingerprint density at radius 2 is 1.38 bits per heavy atom. The van der Waals surface area contributed by atoms with Crippen molar-refractivity contribution in [2.75, 3.05) is 38.1 Å². The van der Waals surface area contributed by atoms with E-state index >= 15 is 0 Å². The fourth-order valence-electron chi connectivity index (χ4n) is 5.88. The number of aliphatic imine (C=N–C) groups is 1. The predicted molar refractivity (Wildman–Crippen MR) is 231 cm³/mol. The molecule has 7 rings (SSSR count). The van der Waals surface area contributed by atoms with E-state index in [1.807, 2.05) is 27.7 Å². The Hall–Kier alpha value is -6.85. The number of rotatable bonds is 14. The van der Waals surface area contributed by atoms with Crippen molar-refractivity contribution >= 4 is 34.6 Å². The number of nitrogens with two attached hydrogens (primary N) is 1. The van der Waals surface area contributed by atoms with Gasteiger partial charge >= 0.3 is 6.18 Å². The zero-order valence-electron chi connectivity index (χ0n) is 37.0. The molecule has 350 valence electrons. The van der Waals surface area contributed by atoms with Crippen molar-refractivity contribution in [2.45, 2.75) is 78.2 Å². The molecule has 0 unspecified atom stereocenters. The van der Waals surface area contributed by atoms with Gasteiger partial charge in [0.15, 0.2) is 41.1 Å². The Balaban J connectivity index is 0.000000216. The lowest BCUT2D eigenvalue weighted by Gasteiger charge is -2.19. The number of benzene rings is 2. The van der Waals surface area contributed by atoms with Crippen molar-refractivity contribution in [3.63, 3.8) is 0 Å². The molecule has 1 aliphatic rings. The van der Waals surface area contributed by atoms with E-state index in [2.05, 4.69) is 46.4 Å². The predicted octanol–water partition coefficient (Wildman–Crippen LogP) is 7.55. The van der Waals surface area contributed by atoms with Gasteiger partial charge in [-0.2, -0.15) is 23.4 Å². The smallest absolute Gasteiger partial charge is 0.422 e. The molecule has 0 saturated carbocycles. The van der Waals surface area contributed by atoms with Gasteiger partial charge in [0.25, 0.3) is 0 Å². The average molecular weight is 915 g/mol. The van der Waals surface area contributed by atoms with Gasteiger partial charge in [0.2, 0.25) is 0 Å². The highest BCUT2D eigenvalue weighted by Gasteiger charge is 2.30. The third-order valence-electron chi connectivity index (χ3n) is 9.44. The maximum atomic E-state index is 13.8. The summed E-state index contributed by atoms with van der Waals surface area (Å²) in [7, 11) is 3.23. The Morgan fingerprint density at radius 1 is 0.862 bits per heavy atom. The molecular formula is C42H51F5N12O6. The topological polar surface area (TPSA) is 214 Å². The number of alkyl halides is 3. The summed E-state index contributed by atoms with van der Waals surface area (Å²) >= 11 is 0. The number of oxime groups is 1. The normalized spacial score (nSPS) is 14.6. The second-order valence-electron chi connectivity index (χ2n) is 15.1. The summed E-state index contributed by atoms with van der Waals surface area (Å²) in [6, 6.07) is 10.2. The van der Waals surface area contributed by atoms with E-state index in [1.165, 1.54) is 28.9 Å². The zero-order valence-corrected chi connectivity index (χ0v) is 37.0. The molecule has 0 fully saturated rings. The summed E-state index contributed by atoms with van der Waals surface area (Å²) in [6.45, 7) is 11.7. The molecule has 0 aliphatic carbocycles. The summed E-state index contributed by atoms with van der Waals surface area (Å²) in [5, 5.41) is 26.5. The third kappa shape index (κ3) is 13.1. The standard InChI is InChI=1S/C20H20F4N6O2.C17H19FN6O2.C5H12O2/c1-11(13-8-12(21)4-5-15(13)31-10-20(22,23)24)26-16-6-7-30-18(27-16)14(9-25-30)17-28-19(2,3)32-29-17;1-3-26-14-5-4-11(18)8-12(14)10(2)21-15-6-7-24-17(22-15)13(9-20-24)16(19)23-25;1-5(2,6-3)7-4/h4-9,11H,10H2,1-3H3,(H,26,27)(H,28,29);4-10,25H,3H2,1-2H3,(H2,19,23)(H,21,22);1-4H3/t11-;10-;/m11./s1. The molecule has 0 amide bonds. The van der Waals surface area contributed by atoms with Crippen LogP contribution in [0.3, 0.4) is 0 Å².